The summed E-state index contributed by atoms with van der Waals surface area (Å²) in [4.78, 5) is 23.9. The van der Waals surface area contributed by atoms with Crippen LogP contribution in [0.2, 0.25) is 0 Å². The number of thioether (sulfide) groups is 1. The van der Waals surface area contributed by atoms with Gasteiger partial charge in [0.15, 0.2) is 0 Å². The minimum Gasteiger partial charge on any atom is -0.458 e. The van der Waals surface area contributed by atoms with Gasteiger partial charge in [-0.1, -0.05) is 12.1 Å². The molecular formula is C17H19N3O2S. The van der Waals surface area contributed by atoms with Gasteiger partial charge < -0.3 is 9.64 Å². The summed E-state index contributed by atoms with van der Waals surface area (Å²) in [5.74, 6) is 0.0669. The maximum atomic E-state index is 12.8. The molecule has 1 amide bonds. The first-order chi connectivity index (χ1) is 11.3. The molecule has 3 rings (SSSR count). The van der Waals surface area contributed by atoms with Crippen molar-refractivity contribution in [2.75, 3.05) is 19.3 Å². The molecule has 6 heteroatoms. The minimum absolute atomic E-state index is 0.0588. The molecule has 0 radical (unpaired) electrons. The zero-order valence-electron chi connectivity index (χ0n) is 13.0. The predicted molar refractivity (Wildman–Crippen MR) is 89.8 cm³/mol. The van der Waals surface area contributed by atoms with Crippen LogP contribution in [-0.2, 0) is 0 Å². The molecule has 23 heavy (non-hydrogen) atoms. The van der Waals surface area contributed by atoms with Crippen LogP contribution in [0.5, 0.6) is 6.01 Å². The van der Waals surface area contributed by atoms with Crippen LogP contribution < -0.4 is 4.74 Å². The summed E-state index contributed by atoms with van der Waals surface area (Å²) in [6.07, 6.45) is 7.07. The Morgan fingerprint density at radius 2 is 2.04 bits per heavy atom. The van der Waals surface area contributed by atoms with E-state index in [1.807, 2.05) is 35.4 Å². The van der Waals surface area contributed by atoms with Crippen LogP contribution in [-0.4, -0.2) is 46.2 Å². The molecule has 0 N–H and O–H groups in total. The Labute approximate surface area is 140 Å². The first-order valence-electron chi connectivity index (χ1n) is 7.64. The molecule has 0 bridgehead atoms. The van der Waals surface area contributed by atoms with Crippen LogP contribution in [0, 0.1) is 0 Å². The molecule has 5 nitrogen and oxygen atoms in total. The molecule has 1 aliphatic rings. The average Bonchev–Trinajstić information content (AvgIpc) is 2.62. The molecule has 1 aliphatic heterocycles. The molecule has 1 unspecified atom stereocenters. The third-order valence-corrected chi connectivity index (χ3v) is 4.61. The van der Waals surface area contributed by atoms with Crippen LogP contribution in [0.25, 0.3) is 0 Å². The van der Waals surface area contributed by atoms with Crippen molar-refractivity contribution in [2.45, 2.75) is 23.8 Å². The lowest BCUT2D eigenvalue weighted by Gasteiger charge is -2.32. The van der Waals surface area contributed by atoms with E-state index in [-0.39, 0.29) is 12.0 Å². The number of ether oxygens (including phenoxy) is 1. The summed E-state index contributed by atoms with van der Waals surface area (Å²) in [6, 6.07) is 9.85. The van der Waals surface area contributed by atoms with E-state index >= 15 is 0 Å². The summed E-state index contributed by atoms with van der Waals surface area (Å²) >= 11 is 1.59. The van der Waals surface area contributed by atoms with Gasteiger partial charge in [-0.2, -0.15) is 0 Å². The quantitative estimate of drug-likeness (QED) is 0.807. The van der Waals surface area contributed by atoms with E-state index in [1.165, 1.54) is 0 Å². The van der Waals surface area contributed by atoms with Crippen LogP contribution in [0.15, 0.2) is 47.6 Å². The molecule has 2 heterocycles. The number of hydrogen-bond donors (Lipinski definition) is 0. The van der Waals surface area contributed by atoms with Gasteiger partial charge in [-0.3, -0.25) is 4.79 Å². The van der Waals surface area contributed by atoms with Gasteiger partial charge in [0.2, 0.25) is 0 Å². The Kier molecular flexibility index (Phi) is 5.12. The van der Waals surface area contributed by atoms with Gasteiger partial charge in [0.05, 0.1) is 12.1 Å². The van der Waals surface area contributed by atoms with Crippen molar-refractivity contribution in [1.82, 2.24) is 14.9 Å². The number of carbonyl (C=O) groups is 1. The third-order valence-electron chi connectivity index (χ3n) is 3.82. The van der Waals surface area contributed by atoms with Crippen LogP contribution in [0.1, 0.15) is 23.2 Å². The zero-order chi connectivity index (χ0) is 16.1. The van der Waals surface area contributed by atoms with Gasteiger partial charge in [-0.25, -0.2) is 9.97 Å². The molecular weight excluding hydrogens is 310 g/mol. The average molecular weight is 329 g/mol. The highest BCUT2D eigenvalue weighted by Gasteiger charge is 2.27. The lowest BCUT2D eigenvalue weighted by Crippen LogP contribution is -2.44. The number of nitrogens with zero attached hydrogens (tertiary/aromatic N) is 3. The number of likely N-dealkylation sites (tertiary alicyclic amines) is 1. The first kappa shape index (κ1) is 15.8. The summed E-state index contributed by atoms with van der Waals surface area (Å²) in [5.41, 5.74) is 0.761. The Bertz CT molecular complexity index is 666. The summed E-state index contributed by atoms with van der Waals surface area (Å²) in [5, 5.41) is 0. The molecule has 2 aromatic rings. The van der Waals surface area contributed by atoms with E-state index in [9.17, 15) is 4.79 Å². The fourth-order valence-electron chi connectivity index (χ4n) is 2.71. The highest BCUT2D eigenvalue weighted by Crippen LogP contribution is 2.23. The van der Waals surface area contributed by atoms with Crippen LogP contribution in [0.4, 0.5) is 0 Å². The highest BCUT2D eigenvalue weighted by molar-refractivity contribution is 7.98. The van der Waals surface area contributed by atoms with E-state index in [0.29, 0.717) is 12.6 Å². The highest BCUT2D eigenvalue weighted by atomic mass is 32.2. The zero-order valence-corrected chi connectivity index (χ0v) is 13.8. The van der Waals surface area contributed by atoms with Crippen molar-refractivity contribution in [3.8, 4) is 6.01 Å². The number of amides is 1. The van der Waals surface area contributed by atoms with Crippen LogP contribution >= 0.6 is 11.8 Å². The molecule has 1 atom stereocenters. The molecule has 0 spiro atoms. The normalized spacial score (nSPS) is 17.8. The van der Waals surface area contributed by atoms with Crippen molar-refractivity contribution in [1.29, 1.82) is 0 Å². The van der Waals surface area contributed by atoms with Gasteiger partial charge in [0.1, 0.15) is 6.10 Å². The van der Waals surface area contributed by atoms with Crippen molar-refractivity contribution in [3.05, 3.63) is 48.3 Å². The van der Waals surface area contributed by atoms with E-state index < -0.39 is 0 Å². The smallest absolute Gasteiger partial charge is 0.316 e. The Morgan fingerprint density at radius 3 is 2.83 bits per heavy atom. The van der Waals surface area contributed by atoms with Gasteiger partial charge in [-0.15, -0.1) is 11.8 Å². The Hall–Kier alpha value is -2.08. The molecule has 0 aliphatic carbocycles. The number of carbonyl (C=O) groups excluding carboxylic acids is 1. The number of rotatable bonds is 4. The lowest BCUT2D eigenvalue weighted by atomic mass is 10.1. The number of benzene rings is 1. The Morgan fingerprint density at radius 1 is 1.26 bits per heavy atom. The maximum Gasteiger partial charge on any atom is 0.316 e. The molecule has 1 saturated heterocycles. The van der Waals surface area contributed by atoms with Crippen molar-refractivity contribution >= 4 is 17.7 Å². The topological polar surface area (TPSA) is 55.3 Å². The van der Waals surface area contributed by atoms with Gasteiger partial charge >= 0.3 is 6.01 Å². The van der Waals surface area contributed by atoms with Gasteiger partial charge in [-0.05, 0) is 37.3 Å². The van der Waals surface area contributed by atoms with Crippen molar-refractivity contribution in [2.24, 2.45) is 0 Å². The van der Waals surface area contributed by atoms with E-state index in [1.54, 1.807) is 30.2 Å². The summed E-state index contributed by atoms with van der Waals surface area (Å²) < 4.78 is 5.81. The van der Waals surface area contributed by atoms with Crippen molar-refractivity contribution < 1.29 is 9.53 Å². The fourth-order valence-corrected chi connectivity index (χ4v) is 3.30. The van der Waals surface area contributed by atoms with E-state index in [2.05, 4.69) is 9.97 Å². The van der Waals surface area contributed by atoms with Gasteiger partial charge in [0.25, 0.3) is 5.91 Å². The van der Waals surface area contributed by atoms with E-state index in [4.69, 9.17) is 4.74 Å². The largest absolute Gasteiger partial charge is 0.458 e. The molecule has 1 fully saturated rings. The second kappa shape index (κ2) is 7.46. The number of aromatic nitrogens is 2. The molecule has 1 aromatic carbocycles. The van der Waals surface area contributed by atoms with E-state index in [0.717, 1.165) is 29.8 Å². The molecule has 0 saturated carbocycles. The lowest BCUT2D eigenvalue weighted by molar-refractivity contribution is 0.0513. The fraction of sp³-hybridized carbons (Fsp3) is 0.353. The van der Waals surface area contributed by atoms with Crippen LogP contribution in [0.3, 0.4) is 0 Å². The molecule has 120 valence electrons. The monoisotopic (exact) mass is 329 g/mol. The molecule has 1 aromatic heterocycles. The maximum absolute atomic E-state index is 12.8. The first-order valence-corrected chi connectivity index (χ1v) is 8.86. The Balaban J connectivity index is 1.69. The second-order valence-electron chi connectivity index (χ2n) is 5.36. The summed E-state index contributed by atoms with van der Waals surface area (Å²) in [6.45, 7) is 1.33. The van der Waals surface area contributed by atoms with Crippen molar-refractivity contribution in [3.63, 3.8) is 0 Å². The minimum atomic E-state index is -0.0588. The third kappa shape index (κ3) is 3.82. The number of piperidine rings is 1. The second-order valence-corrected chi connectivity index (χ2v) is 6.21. The summed E-state index contributed by atoms with van der Waals surface area (Å²) in [7, 11) is 0. The van der Waals surface area contributed by atoms with Gasteiger partial charge in [0, 0.05) is 23.8 Å². The number of hydrogen-bond acceptors (Lipinski definition) is 5. The predicted octanol–water partition coefficient (Wildman–Crippen LogP) is 2.88. The SMILES string of the molecule is CSc1ccccc1C(=O)N1CCCC(Oc2ncccn2)C1. The standard InChI is InChI=1S/C17H19N3O2S/c1-23-15-8-3-2-7-14(15)16(21)20-11-4-6-13(12-20)22-17-18-9-5-10-19-17/h2-3,5,7-10,13H,4,6,11-12H2,1H3.